The summed E-state index contributed by atoms with van der Waals surface area (Å²) in [6.45, 7) is 0.690. The van der Waals surface area contributed by atoms with Crippen LogP contribution < -0.4 is 5.32 Å². The van der Waals surface area contributed by atoms with E-state index in [1.807, 2.05) is 0 Å². The van der Waals surface area contributed by atoms with E-state index in [-0.39, 0.29) is 18.1 Å². The molecule has 2 unspecified atom stereocenters. The lowest BCUT2D eigenvalue weighted by atomic mass is 9.99. The van der Waals surface area contributed by atoms with Crippen LogP contribution in [0.1, 0.15) is 38.5 Å². The molecule has 0 aromatic rings. The number of hydrogen-bond acceptors (Lipinski definition) is 4. The zero-order valence-corrected chi connectivity index (χ0v) is 11.4. The fourth-order valence-electron chi connectivity index (χ4n) is 3.06. The molecule has 0 aromatic carbocycles. The zero-order chi connectivity index (χ0) is 14.1. The van der Waals surface area contributed by atoms with Crippen molar-refractivity contribution < 1.29 is 24.2 Å². The molecule has 3 fully saturated rings. The van der Waals surface area contributed by atoms with E-state index in [0.717, 1.165) is 12.8 Å². The molecular formula is C14H21NO5. The Morgan fingerprint density at radius 2 is 1.80 bits per heavy atom. The number of carbonyl (C=O) groups excluding carboxylic acids is 1. The van der Waals surface area contributed by atoms with Crippen LogP contribution in [-0.4, -0.2) is 47.9 Å². The number of aliphatic carboxylic acids is 1. The SMILES string of the molecule is O=C(NC1CCOC(C2CC2)C1)[C@@H]1CC[C@H](C(=O)O)O1. The first-order valence-corrected chi connectivity index (χ1v) is 7.43. The maximum Gasteiger partial charge on any atom is 0.332 e. The van der Waals surface area contributed by atoms with Crippen LogP contribution in [0.4, 0.5) is 0 Å². The molecule has 112 valence electrons. The van der Waals surface area contributed by atoms with Gasteiger partial charge in [-0.05, 0) is 44.4 Å². The maximum absolute atomic E-state index is 12.1. The second kappa shape index (κ2) is 5.69. The highest BCUT2D eigenvalue weighted by Gasteiger charge is 2.38. The summed E-state index contributed by atoms with van der Waals surface area (Å²) in [6, 6.07) is 0.134. The topological polar surface area (TPSA) is 84.9 Å². The molecule has 6 heteroatoms. The Morgan fingerprint density at radius 3 is 2.45 bits per heavy atom. The van der Waals surface area contributed by atoms with E-state index in [4.69, 9.17) is 14.6 Å². The normalized spacial score (nSPS) is 37.6. The Labute approximate surface area is 117 Å². The molecule has 2 saturated heterocycles. The van der Waals surface area contributed by atoms with Gasteiger partial charge in [-0.1, -0.05) is 0 Å². The maximum atomic E-state index is 12.1. The van der Waals surface area contributed by atoms with Gasteiger partial charge < -0.3 is 19.9 Å². The minimum atomic E-state index is -0.986. The molecule has 0 radical (unpaired) electrons. The average molecular weight is 283 g/mol. The number of rotatable bonds is 4. The summed E-state index contributed by atoms with van der Waals surface area (Å²) in [5, 5.41) is 11.9. The number of carbonyl (C=O) groups is 2. The van der Waals surface area contributed by atoms with Crippen molar-refractivity contribution in [2.45, 2.75) is 62.9 Å². The van der Waals surface area contributed by atoms with Crippen LogP contribution in [0.2, 0.25) is 0 Å². The minimum Gasteiger partial charge on any atom is -0.479 e. The number of amides is 1. The first kappa shape index (κ1) is 13.8. The van der Waals surface area contributed by atoms with Crippen LogP contribution in [-0.2, 0) is 19.1 Å². The van der Waals surface area contributed by atoms with E-state index in [1.165, 1.54) is 12.8 Å². The van der Waals surface area contributed by atoms with Crippen LogP contribution in [0.3, 0.4) is 0 Å². The van der Waals surface area contributed by atoms with Gasteiger partial charge in [0.25, 0.3) is 0 Å². The molecule has 0 bridgehead atoms. The van der Waals surface area contributed by atoms with E-state index in [9.17, 15) is 9.59 Å². The fourth-order valence-corrected chi connectivity index (χ4v) is 3.06. The largest absolute Gasteiger partial charge is 0.479 e. The highest BCUT2D eigenvalue weighted by molar-refractivity contribution is 5.82. The summed E-state index contributed by atoms with van der Waals surface area (Å²) in [5.41, 5.74) is 0. The summed E-state index contributed by atoms with van der Waals surface area (Å²) in [6.07, 6.45) is 3.89. The van der Waals surface area contributed by atoms with Crippen LogP contribution in [0.25, 0.3) is 0 Å². The molecule has 2 heterocycles. The number of ether oxygens (including phenoxy) is 2. The molecule has 1 saturated carbocycles. The van der Waals surface area contributed by atoms with Crippen molar-refractivity contribution in [1.29, 1.82) is 0 Å². The second-order valence-electron chi connectivity index (χ2n) is 6.01. The zero-order valence-electron chi connectivity index (χ0n) is 11.4. The molecule has 0 aromatic heterocycles. The van der Waals surface area contributed by atoms with Crippen LogP contribution >= 0.6 is 0 Å². The summed E-state index contributed by atoms with van der Waals surface area (Å²) in [7, 11) is 0. The lowest BCUT2D eigenvalue weighted by Gasteiger charge is -2.30. The van der Waals surface area contributed by atoms with Gasteiger partial charge >= 0.3 is 5.97 Å². The van der Waals surface area contributed by atoms with Gasteiger partial charge in [0, 0.05) is 12.6 Å². The van der Waals surface area contributed by atoms with Crippen molar-refractivity contribution in [2.75, 3.05) is 6.61 Å². The van der Waals surface area contributed by atoms with Gasteiger partial charge in [-0.3, -0.25) is 4.79 Å². The highest BCUT2D eigenvalue weighted by Crippen LogP contribution is 2.38. The minimum absolute atomic E-state index is 0.134. The van der Waals surface area contributed by atoms with Crippen LogP contribution in [0.5, 0.6) is 0 Å². The summed E-state index contributed by atoms with van der Waals surface area (Å²) < 4.78 is 11.0. The Balaban J connectivity index is 1.47. The first-order chi connectivity index (χ1) is 9.63. The van der Waals surface area contributed by atoms with Crippen molar-refractivity contribution in [3.05, 3.63) is 0 Å². The smallest absolute Gasteiger partial charge is 0.332 e. The Morgan fingerprint density at radius 1 is 1.05 bits per heavy atom. The molecule has 6 nitrogen and oxygen atoms in total. The molecule has 3 rings (SSSR count). The molecular weight excluding hydrogens is 262 g/mol. The van der Waals surface area contributed by atoms with Gasteiger partial charge in [0.2, 0.25) is 5.91 Å². The van der Waals surface area contributed by atoms with Gasteiger partial charge in [-0.15, -0.1) is 0 Å². The molecule has 2 N–H and O–H groups in total. The van der Waals surface area contributed by atoms with E-state index >= 15 is 0 Å². The van der Waals surface area contributed by atoms with Gasteiger partial charge in [-0.25, -0.2) is 4.79 Å². The molecule has 20 heavy (non-hydrogen) atoms. The third kappa shape index (κ3) is 3.12. The molecule has 4 atom stereocenters. The van der Waals surface area contributed by atoms with Crippen LogP contribution in [0.15, 0.2) is 0 Å². The summed E-state index contributed by atoms with van der Waals surface area (Å²) in [4.78, 5) is 22.9. The van der Waals surface area contributed by atoms with Crippen molar-refractivity contribution >= 4 is 11.9 Å². The predicted octanol–water partition coefficient (Wildman–Crippen LogP) is 0.692. The fraction of sp³-hybridized carbons (Fsp3) is 0.857. The molecule has 1 amide bonds. The number of hydrogen-bond donors (Lipinski definition) is 2. The van der Waals surface area contributed by atoms with Crippen molar-refractivity contribution in [2.24, 2.45) is 5.92 Å². The van der Waals surface area contributed by atoms with E-state index in [2.05, 4.69) is 5.32 Å². The monoisotopic (exact) mass is 283 g/mol. The number of nitrogens with one attached hydrogen (secondary N) is 1. The first-order valence-electron chi connectivity index (χ1n) is 7.43. The second-order valence-corrected chi connectivity index (χ2v) is 6.01. The highest BCUT2D eigenvalue weighted by atomic mass is 16.5. The van der Waals surface area contributed by atoms with Crippen molar-refractivity contribution in [3.8, 4) is 0 Å². The van der Waals surface area contributed by atoms with Crippen molar-refractivity contribution in [3.63, 3.8) is 0 Å². The summed E-state index contributed by atoms with van der Waals surface area (Å²) in [5.74, 6) is -0.482. The molecule has 1 aliphatic carbocycles. The lowest BCUT2D eigenvalue weighted by Crippen LogP contribution is -2.46. The third-order valence-corrected chi connectivity index (χ3v) is 4.40. The standard InChI is InChI=1S/C14H21NO5/c16-13(10-3-4-11(20-10)14(17)18)15-9-5-6-19-12(7-9)8-1-2-8/h8-12H,1-7H2,(H,15,16)(H,17,18)/t9?,10-,11+,12?/m0/s1. The summed E-state index contributed by atoms with van der Waals surface area (Å²) >= 11 is 0. The number of carboxylic acids is 1. The molecule has 3 aliphatic rings. The Hall–Kier alpha value is -1.14. The van der Waals surface area contributed by atoms with Gasteiger partial charge in [0.05, 0.1) is 6.10 Å². The lowest BCUT2D eigenvalue weighted by molar-refractivity contribution is -0.152. The van der Waals surface area contributed by atoms with Crippen molar-refractivity contribution in [1.82, 2.24) is 5.32 Å². The van der Waals surface area contributed by atoms with Gasteiger partial charge in [-0.2, -0.15) is 0 Å². The van der Waals surface area contributed by atoms with E-state index in [0.29, 0.717) is 25.4 Å². The predicted molar refractivity (Wildman–Crippen MR) is 69.2 cm³/mol. The van der Waals surface area contributed by atoms with E-state index in [1.54, 1.807) is 0 Å². The molecule has 0 spiro atoms. The van der Waals surface area contributed by atoms with Gasteiger partial charge in [0.1, 0.15) is 6.10 Å². The average Bonchev–Trinajstić information content (AvgIpc) is 3.15. The molecule has 2 aliphatic heterocycles. The quantitative estimate of drug-likeness (QED) is 0.793. The van der Waals surface area contributed by atoms with Gasteiger partial charge in [0.15, 0.2) is 6.10 Å². The Kier molecular flexibility index (Phi) is 3.94. The number of carboxylic acid groups (broad SMARTS) is 1. The van der Waals surface area contributed by atoms with E-state index < -0.39 is 18.2 Å². The Bertz CT molecular complexity index is 395. The third-order valence-electron chi connectivity index (χ3n) is 4.40. The van der Waals surface area contributed by atoms with Crippen LogP contribution in [0, 0.1) is 5.92 Å².